The van der Waals surface area contributed by atoms with Crippen molar-refractivity contribution in [2.24, 2.45) is 5.29 Å². The lowest BCUT2D eigenvalue weighted by Crippen LogP contribution is -2.06. The van der Waals surface area contributed by atoms with E-state index in [-0.39, 0.29) is 0 Å². The minimum Gasteiger partial charge on any atom is -0.232 e. The van der Waals surface area contributed by atoms with Gasteiger partial charge in [-0.1, -0.05) is 30.3 Å². The lowest BCUT2D eigenvalue weighted by molar-refractivity contribution is 1.01. The zero-order chi connectivity index (χ0) is 9.97. The molecule has 0 aromatic heterocycles. The second-order valence-corrected chi connectivity index (χ2v) is 3.14. The smallest absolute Gasteiger partial charge is 0.0629 e. The number of hydrogen-bond acceptors (Lipinski definition) is 2. The van der Waals surface area contributed by atoms with Gasteiger partial charge in [0.25, 0.3) is 0 Å². The number of benzene rings is 2. The van der Waals surface area contributed by atoms with Crippen LogP contribution in [0.1, 0.15) is 0 Å². The Kier molecular flexibility index (Phi) is 2.14. The topological polar surface area (TPSA) is 32.7 Å². The van der Waals surface area contributed by atoms with Crippen LogP contribution in [0, 0.1) is 4.91 Å². The maximum atomic E-state index is 10.3. The van der Waals surface area contributed by atoms with Gasteiger partial charge in [0, 0.05) is 7.05 Å². The Labute approximate surface area is 81.9 Å². The van der Waals surface area contributed by atoms with E-state index >= 15 is 0 Å². The molecule has 0 saturated heterocycles. The zero-order valence-corrected chi connectivity index (χ0v) is 7.84. The van der Waals surface area contributed by atoms with Gasteiger partial charge in [0.1, 0.15) is 0 Å². The molecule has 0 heterocycles. The first-order chi connectivity index (χ1) is 6.81. The highest BCUT2D eigenvalue weighted by Gasteiger charge is 2.00. The predicted octanol–water partition coefficient (Wildman–Crippen LogP) is 2.96. The van der Waals surface area contributed by atoms with Crippen LogP contribution in [0.2, 0.25) is 0 Å². The Hall–Kier alpha value is -1.90. The molecule has 0 aliphatic heterocycles. The molecule has 14 heavy (non-hydrogen) atoms. The van der Waals surface area contributed by atoms with Crippen LogP contribution in [-0.4, -0.2) is 7.05 Å². The summed E-state index contributed by atoms with van der Waals surface area (Å²) in [6, 6.07) is 13.8. The van der Waals surface area contributed by atoms with Crippen LogP contribution in [0.15, 0.2) is 47.8 Å². The van der Waals surface area contributed by atoms with E-state index in [1.165, 1.54) is 5.01 Å². The minimum absolute atomic E-state index is 0.804. The van der Waals surface area contributed by atoms with Gasteiger partial charge in [-0.25, -0.2) is 5.01 Å². The van der Waals surface area contributed by atoms with E-state index in [0.717, 1.165) is 16.5 Å². The standard InChI is InChI=1S/C11H10N2O/c1-13(12-14)11-7-6-9-4-2-3-5-10(9)8-11/h2-8H,1H3. The molecule has 2 aromatic carbocycles. The monoisotopic (exact) mass is 186 g/mol. The third kappa shape index (κ3) is 1.44. The molecule has 0 unspecified atom stereocenters. The van der Waals surface area contributed by atoms with E-state index in [2.05, 4.69) is 5.29 Å². The summed E-state index contributed by atoms with van der Waals surface area (Å²) >= 11 is 0. The first-order valence-corrected chi connectivity index (χ1v) is 4.37. The molecule has 2 rings (SSSR count). The van der Waals surface area contributed by atoms with E-state index < -0.39 is 0 Å². The van der Waals surface area contributed by atoms with Crippen molar-refractivity contribution in [1.29, 1.82) is 0 Å². The third-order valence-corrected chi connectivity index (χ3v) is 2.23. The summed E-state index contributed by atoms with van der Waals surface area (Å²) in [6.07, 6.45) is 0. The highest BCUT2D eigenvalue weighted by Crippen LogP contribution is 2.21. The second kappa shape index (κ2) is 3.46. The summed E-state index contributed by atoms with van der Waals surface area (Å²) in [6.45, 7) is 0. The summed E-state index contributed by atoms with van der Waals surface area (Å²) in [5.41, 5.74) is 0.804. The number of nitroso groups, excluding NO2 is 1. The quantitative estimate of drug-likeness (QED) is 0.533. The molecule has 70 valence electrons. The Morgan fingerprint density at radius 2 is 1.79 bits per heavy atom. The van der Waals surface area contributed by atoms with Crippen molar-refractivity contribution in [3.63, 3.8) is 0 Å². The second-order valence-electron chi connectivity index (χ2n) is 3.14. The summed E-state index contributed by atoms with van der Waals surface area (Å²) in [5, 5.41) is 6.43. The van der Waals surface area contributed by atoms with E-state index in [0.29, 0.717) is 0 Å². The Morgan fingerprint density at radius 3 is 2.50 bits per heavy atom. The first-order valence-electron chi connectivity index (χ1n) is 4.37. The highest BCUT2D eigenvalue weighted by atomic mass is 16.3. The molecular weight excluding hydrogens is 176 g/mol. The van der Waals surface area contributed by atoms with Crippen LogP contribution in [0.5, 0.6) is 0 Å². The van der Waals surface area contributed by atoms with Crippen LogP contribution in [0.4, 0.5) is 5.69 Å². The van der Waals surface area contributed by atoms with Crippen molar-refractivity contribution >= 4 is 16.5 Å². The van der Waals surface area contributed by atoms with Gasteiger partial charge >= 0.3 is 0 Å². The van der Waals surface area contributed by atoms with Gasteiger partial charge in [-0.2, -0.15) is 0 Å². The number of hydrogen-bond donors (Lipinski definition) is 0. The summed E-state index contributed by atoms with van der Waals surface area (Å²) < 4.78 is 0. The van der Waals surface area contributed by atoms with Crippen molar-refractivity contribution in [3.05, 3.63) is 47.4 Å². The maximum absolute atomic E-state index is 10.3. The number of nitrogens with zero attached hydrogens (tertiary/aromatic N) is 2. The van der Waals surface area contributed by atoms with Crippen molar-refractivity contribution in [1.82, 2.24) is 0 Å². The van der Waals surface area contributed by atoms with Crippen LogP contribution >= 0.6 is 0 Å². The zero-order valence-electron chi connectivity index (χ0n) is 7.84. The molecule has 0 aliphatic rings. The van der Waals surface area contributed by atoms with Gasteiger partial charge in [0.2, 0.25) is 0 Å². The minimum atomic E-state index is 0.804. The third-order valence-electron chi connectivity index (χ3n) is 2.23. The molecule has 0 radical (unpaired) electrons. The molecular formula is C11H10N2O. The fraction of sp³-hybridized carbons (Fsp3) is 0.0909. The van der Waals surface area contributed by atoms with Gasteiger partial charge in [0.05, 0.1) is 11.0 Å². The van der Waals surface area contributed by atoms with Gasteiger partial charge in [-0.15, -0.1) is 4.91 Å². The fourth-order valence-corrected chi connectivity index (χ4v) is 1.43. The Morgan fingerprint density at radius 1 is 1.07 bits per heavy atom. The van der Waals surface area contributed by atoms with Crippen LogP contribution in [-0.2, 0) is 0 Å². The molecule has 2 aromatic rings. The molecule has 0 fully saturated rings. The van der Waals surface area contributed by atoms with E-state index in [4.69, 9.17) is 0 Å². The summed E-state index contributed by atoms with van der Waals surface area (Å²) in [7, 11) is 1.64. The van der Waals surface area contributed by atoms with Gasteiger partial charge in [0.15, 0.2) is 0 Å². The normalized spacial score (nSPS) is 10.1. The first kappa shape index (κ1) is 8.69. The molecule has 0 bridgehead atoms. The number of anilines is 1. The van der Waals surface area contributed by atoms with Gasteiger partial charge in [-0.05, 0) is 22.9 Å². The number of fused-ring (bicyclic) bond motifs is 1. The lowest BCUT2D eigenvalue weighted by atomic mass is 10.1. The van der Waals surface area contributed by atoms with Gasteiger partial charge in [-0.3, -0.25) is 0 Å². The molecule has 0 saturated carbocycles. The van der Waals surface area contributed by atoms with Crippen LogP contribution in [0.25, 0.3) is 10.8 Å². The highest BCUT2D eigenvalue weighted by molar-refractivity contribution is 5.85. The fourth-order valence-electron chi connectivity index (χ4n) is 1.43. The predicted molar refractivity (Wildman–Crippen MR) is 58.1 cm³/mol. The largest absolute Gasteiger partial charge is 0.232 e. The Bertz CT molecular complexity index is 468. The molecule has 0 amide bonds. The van der Waals surface area contributed by atoms with Gasteiger partial charge < -0.3 is 0 Å². The van der Waals surface area contributed by atoms with Crippen molar-refractivity contribution < 1.29 is 0 Å². The Balaban J connectivity index is 2.56. The van der Waals surface area contributed by atoms with E-state index in [9.17, 15) is 4.91 Å². The van der Waals surface area contributed by atoms with E-state index in [1.54, 1.807) is 7.05 Å². The van der Waals surface area contributed by atoms with Crippen molar-refractivity contribution in [2.45, 2.75) is 0 Å². The molecule has 0 spiro atoms. The molecule has 0 aliphatic carbocycles. The van der Waals surface area contributed by atoms with Crippen molar-refractivity contribution in [3.8, 4) is 0 Å². The summed E-state index contributed by atoms with van der Waals surface area (Å²) in [5.74, 6) is 0. The lowest BCUT2D eigenvalue weighted by Gasteiger charge is -2.08. The van der Waals surface area contributed by atoms with Crippen molar-refractivity contribution in [2.75, 3.05) is 12.1 Å². The average molecular weight is 186 g/mol. The summed E-state index contributed by atoms with van der Waals surface area (Å²) in [4.78, 5) is 10.3. The van der Waals surface area contributed by atoms with Crippen LogP contribution < -0.4 is 5.01 Å². The molecule has 0 N–H and O–H groups in total. The molecule has 0 atom stereocenters. The van der Waals surface area contributed by atoms with Crippen LogP contribution in [0.3, 0.4) is 0 Å². The number of rotatable bonds is 2. The molecule has 3 nitrogen and oxygen atoms in total. The van der Waals surface area contributed by atoms with E-state index in [1.807, 2.05) is 42.5 Å². The average Bonchev–Trinajstić information content (AvgIpc) is 2.27. The molecule has 3 heteroatoms. The maximum Gasteiger partial charge on any atom is 0.0629 e. The SMILES string of the molecule is CN(N=O)c1ccc2ccccc2c1.